The van der Waals surface area contributed by atoms with Gasteiger partial charge in [-0.1, -0.05) is 0 Å². The summed E-state index contributed by atoms with van der Waals surface area (Å²) in [5.41, 5.74) is 5.24. The van der Waals surface area contributed by atoms with E-state index in [0.29, 0.717) is 19.6 Å². The summed E-state index contributed by atoms with van der Waals surface area (Å²) in [5.74, 6) is -0.388. The van der Waals surface area contributed by atoms with Gasteiger partial charge in [0.15, 0.2) is 5.75 Å². The second-order valence-corrected chi connectivity index (χ2v) is 2.28. The van der Waals surface area contributed by atoms with E-state index in [1.807, 2.05) is 0 Å². The summed E-state index contributed by atoms with van der Waals surface area (Å²) >= 11 is 0. The molecule has 1 heterocycles. The van der Waals surface area contributed by atoms with Gasteiger partial charge in [0.25, 0.3) is 5.95 Å². The molecule has 0 spiro atoms. The fourth-order valence-corrected chi connectivity index (χ4v) is 0.744. The number of aromatic nitrogens is 1. The van der Waals surface area contributed by atoms with Crippen molar-refractivity contribution in [2.24, 2.45) is 5.73 Å². The number of halogens is 1. The van der Waals surface area contributed by atoms with Gasteiger partial charge in [-0.05, 0) is 25.1 Å². The SMILES string of the molecule is NCCCOc1cccnc1F. The van der Waals surface area contributed by atoms with Crippen LogP contribution in [0, 0.1) is 5.95 Å². The highest BCUT2D eigenvalue weighted by molar-refractivity contribution is 5.17. The highest BCUT2D eigenvalue weighted by Crippen LogP contribution is 2.12. The average molecular weight is 170 g/mol. The molecule has 0 bridgehead atoms. The zero-order valence-corrected chi connectivity index (χ0v) is 6.66. The van der Waals surface area contributed by atoms with Gasteiger partial charge in [0.2, 0.25) is 0 Å². The molecular weight excluding hydrogens is 159 g/mol. The van der Waals surface area contributed by atoms with Gasteiger partial charge < -0.3 is 10.5 Å². The van der Waals surface area contributed by atoms with Gasteiger partial charge in [-0.3, -0.25) is 0 Å². The second kappa shape index (κ2) is 4.66. The van der Waals surface area contributed by atoms with Crippen molar-refractivity contribution < 1.29 is 9.13 Å². The van der Waals surface area contributed by atoms with Gasteiger partial charge in [-0.15, -0.1) is 0 Å². The van der Waals surface area contributed by atoms with Crippen molar-refractivity contribution >= 4 is 0 Å². The van der Waals surface area contributed by atoms with Crippen molar-refractivity contribution in [3.63, 3.8) is 0 Å². The van der Waals surface area contributed by atoms with Crippen LogP contribution in [0.4, 0.5) is 4.39 Å². The Morgan fingerprint density at radius 3 is 3.08 bits per heavy atom. The number of pyridine rings is 1. The molecule has 0 aliphatic heterocycles. The summed E-state index contributed by atoms with van der Waals surface area (Å²) < 4.78 is 17.8. The van der Waals surface area contributed by atoms with Crippen LogP contribution in [0.5, 0.6) is 5.75 Å². The smallest absolute Gasteiger partial charge is 0.255 e. The predicted octanol–water partition coefficient (Wildman–Crippen LogP) is 0.948. The minimum atomic E-state index is -0.575. The molecule has 0 fully saturated rings. The van der Waals surface area contributed by atoms with Crippen LogP contribution in [0.25, 0.3) is 0 Å². The Kier molecular flexibility index (Phi) is 3.47. The predicted molar refractivity (Wildman–Crippen MR) is 43.4 cm³/mol. The number of nitrogens with two attached hydrogens (primary N) is 1. The van der Waals surface area contributed by atoms with Crippen LogP contribution in [-0.2, 0) is 0 Å². The second-order valence-electron chi connectivity index (χ2n) is 2.28. The van der Waals surface area contributed by atoms with E-state index in [9.17, 15) is 4.39 Å². The summed E-state index contributed by atoms with van der Waals surface area (Å²) in [4.78, 5) is 3.43. The lowest BCUT2D eigenvalue weighted by Crippen LogP contribution is -2.07. The van der Waals surface area contributed by atoms with E-state index >= 15 is 0 Å². The number of hydrogen-bond acceptors (Lipinski definition) is 3. The normalized spacial score (nSPS) is 9.83. The molecule has 0 saturated carbocycles. The molecule has 0 aliphatic rings. The molecule has 4 heteroatoms. The Morgan fingerprint density at radius 1 is 1.58 bits per heavy atom. The van der Waals surface area contributed by atoms with E-state index in [1.165, 1.54) is 6.20 Å². The lowest BCUT2D eigenvalue weighted by Gasteiger charge is -2.04. The van der Waals surface area contributed by atoms with E-state index in [0.717, 1.165) is 0 Å². The Labute approximate surface area is 70.4 Å². The van der Waals surface area contributed by atoms with E-state index in [2.05, 4.69) is 4.98 Å². The molecule has 0 unspecified atom stereocenters. The number of hydrogen-bond donors (Lipinski definition) is 1. The number of nitrogens with zero attached hydrogens (tertiary/aromatic N) is 1. The maximum Gasteiger partial charge on any atom is 0.255 e. The summed E-state index contributed by atoms with van der Waals surface area (Å²) in [7, 11) is 0. The molecule has 1 aromatic heterocycles. The molecule has 1 rings (SSSR count). The quantitative estimate of drug-likeness (QED) is 0.540. The van der Waals surface area contributed by atoms with E-state index in [4.69, 9.17) is 10.5 Å². The van der Waals surface area contributed by atoms with Crippen LogP contribution in [0.15, 0.2) is 18.3 Å². The Bertz CT molecular complexity index is 242. The average Bonchev–Trinajstić information content (AvgIpc) is 2.09. The molecular formula is C8H11FN2O. The van der Waals surface area contributed by atoms with Crippen molar-refractivity contribution in [1.29, 1.82) is 0 Å². The topological polar surface area (TPSA) is 48.1 Å². The molecule has 0 aliphatic carbocycles. The molecule has 0 aromatic carbocycles. The summed E-state index contributed by atoms with van der Waals surface area (Å²) in [6.45, 7) is 0.973. The van der Waals surface area contributed by atoms with Crippen LogP contribution in [-0.4, -0.2) is 18.1 Å². The summed E-state index contributed by atoms with van der Waals surface area (Å²) in [6, 6.07) is 3.17. The van der Waals surface area contributed by atoms with Gasteiger partial charge in [0.05, 0.1) is 6.61 Å². The first-order valence-electron chi connectivity index (χ1n) is 3.78. The van der Waals surface area contributed by atoms with Crippen LogP contribution >= 0.6 is 0 Å². The molecule has 12 heavy (non-hydrogen) atoms. The number of ether oxygens (including phenoxy) is 1. The van der Waals surface area contributed by atoms with E-state index in [-0.39, 0.29) is 5.75 Å². The first-order chi connectivity index (χ1) is 5.84. The van der Waals surface area contributed by atoms with Crippen LogP contribution in [0.1, 0.15) is 6.42 Å². The molecule has 2 N–H and O–H groups in total. The molecule has 0 atom stereocenters. The van der Waals surface area contributed by atoms with Gasteiger partial charge in [0.1, 0.15) is 0 Å². The zero-order chi connectivity index (χ0) is 8.81. The Hall–Kier alpha value is -1.16. The van der Waals surface area contributed by atoms with Crippen molar-refractivity contribution in [1.82, 2.24) is 4.98 Å². The van der Waals surface area contributed by atoms with Crippen molar-refractivity contribution in [3.8, 4) is 5.75 Å². The van der Waals surface area contributed by atoms with Gasteiger partial charge in [-0.25, -0.2) is 4.98 Å². The fourth-order valence-electron chi connectivity index (χ4n) is 0.744. The van der Waals surface area contributed by atoms with Gasteiger partial charge >= 0.3 is 0 Å². The molecule has 0 saturated heterocycles. The summed E-state index contributed by atoms with van der Waals surface area (Å²) in [5, 5.41) is 0. The molecule has 1 aromatic rings. The Balaban J connectivity index is 2.46. The lowest BCUT2D eigenvalue weighted by molar-refractivity contribution is 0.293. The molecule has 3 nitrogen and oxygen atoms in total. The van der Waals surface area contributed by atoms with Gasteiger partial charge in [-0.2, -0.15) is 4.39 Å². The van der Waals surface area contributed by atoms with E-state index < -0.39 is 5.95 Å². The van der Waals surface area contributed by atoms with Crippen LogP contribution in [0.3, 0.4) is 0 Å². The molecule has 0 amide bonds. The summed E-state index contributed by atoms with van der Waals surface area (Å²) in [6.07, 6.45) is 2.10. The third-order valence-electron chi connectivity index (χ3n) is 1.33. The Morgan fingerprint density at radius 2 is 2.42 bits per heavy atom. The molecule has 0 radical (unpaired) electrons. The van der Waals surface area contributed by atoms with Crippen molar-refractivity contribution in [3.05, 3.63) is 24.3 Å². The third kappa shape index (κ3) is 2.47. The third-order valence-corrected chi connectivity index (χ3v) is 1.33. The van der Waals surface area contributed by atoms with Crippen molar-refractivity contribution in [2.45, 2.75) is 6.42 Å². The highest BCUT2D eigenvalue weighted by Gasteiger charge is 2.00. The highest BCUT2D eigenvalue weighted by atomic mass is 19.1. The minimum absolute atomic E-state index is 0.186. The van der Waals surface area contributed by atoms with Crippen molar-refractivity contribution in [2.75, 3.05) is 13.2 Å². The first-order valence-corrected chi connectivity index (χ1v) is 3.78. The maximum atomic E-state index is 12.7. The lowest BCUT2D eigenvalue weighted by atomic mass is 10.4. The van der Waals surface area contributed by atoms with E-state index in [1.54, 1.807) is 12.1 Å². The van der Waals surface area contributed by atoms with Crippen LogP contribution in [0.2, 0.25) is 0 Å². The maximum absolute atomic E-state index is 12.7. The van der Waals surface area contributed by atoms with Crippen LogP contribution < -0.4 is 10.5 Å². The molecule has 66 valence electrons. The fraction of sp³-hybridized carbons (Fsp3) is 0.375. The minimum Gasteiger partial charge on any atom is -0.489 e. The zero-order valence-electron chi connectivity index (χ0n) is 6.66. The standard InChI is InChI=1S/C8H11FN2O/c9-8-7(3-1-5-11-8)12-6-2-4-10/h1,3,5H,2,4,6,10H2. The largest absolute Gasteiger partial charge is 0.489 e. The first kappa shape index (κ1) is 8.93. The van der Waals surface area contributed by atoms with Gasteiger partial charge in [0, 0.05) is 6.20 Å². The number of rotatable bonds is 4. The monoisotopic (exact) mass is 170 g/mol.